The van der Waals surface area contributed by atoms with Crippen molar-refractivity contribution in [3.05, 3.63) is 77.0 Å². The molecule has 0 amide bonds. The van der Waals surface area contributed by atoms with Crippen LogP contribution in [0.4, 0.5) is 22.0 Å². The molecule has 3 aromatic rings. The summed E-state index contributed by atoms with van der Waals surface area (Å²) in [5.41, 5.74) is -1.57. The van der Waals surface area contributed by atoms with Gasteiger partial charge in [0.1, 0.15) is 30.8 Å². The highest BCUT2D eigenvalue weighted by Crippen LogP contribution is 2.47. The fourth-order valence-electron chi connectivity index (χ4n) is 5.12. The lowest BCUT2D eigenvalue weighted by Crippen LogP contribution is -2.63. The largest absolute Gasteiger partial charge is 0.489 e. The van der Waals surface area contributed by atoms with Crippen LogP contribution in [0.3, 0.4) is 0 Å². The second-order valence-corrected chi connectivity index (χ2v) is 11.2. The summed E-state index contributed by atoms with van der Waals surface area (Å²) in [6.07, 6.45) is -15.4. The van der Waals surface area contributed by atoms with E-state index in [9.17, 15) is 32.3 Å². The van der Waals surface area contributed by atoms with Gasteiger partial charge in [-0.2, -0.15) is 22.0 Å². The topological polar surface area (TPSA) is 162 Å². The maximum atomic E-state index is 15.0. The number of H-pyrrole nitrogens is 1. The van der Waals surface area contributed by atoms with Gasteiger partial charge < -0.3 is 33.2 Å². The first-order valence-corrected chi connectivity index (χ1v) is 15.2. The summed E-state index contributed by atoms with van der Waals surface area (Å²) < 4.78 is 110. The Bertz CT molecular complexity index is 1700. The molecule has 0 saturated carbocycles. The van der Waals surface area contributed by atoms with E-state index in [-0.39, 0.29) is 17.9 Å². The van der Waals surface area contributed by atoms with Crippen molar-refractivity contribution >= 4 is 23.9 Å². The molecular formula is C33H33F5N2O11. The van der Waals surface area contributed by atoms with E-state index in [1.54, 1.807) is 41.5 Å². The highest BCUT2D eigenvalue weighted by molar-refractivity contribution is 5.68. The lowest BCUT2D eigenvalue weighted by molar-refractivity contribution is -0.291. The molecule has 2 aromatic carbocycles. The molecule has 51 heavy (non-hydrogen) atoms. The predicted molar refractivity (Wildman–Crippen MR) is 161 cm³/mol. The van der Waals surface area contributed by atoms with Crippen LogP contribution in [-0.4, -0.2) is 77.6 Å². The minimum absolute atomic E-state index is 0.0307. The number of nitrogens with one attached hydrogen (secondary N) is 1. The molecule has 13 nitrogen and oxygen atoms in total. The van der Waals surface area contributed by atoms with Gasteiger partial charge in [-0.25, -0.2) is 0 Å². The highest BCUT2D eigenvalue weighted by atomic mass is 19.4. The van der Waals surface area contributed by atoms with Gasteiger partial charge in [-0.1, -0.05) is 48.5 Å². The number of aromatic amines is 1. The van der Waals surface area contributed by atoms with Crippen LogP contribution in [0.5, 0.6) is 11.6 Å². The van der Waals surface area contributed by atoms with E-state index in [4.69, 9.17) is 33.2 Å². The number of alkyl halides is 5. The summed E-state index contributed by atoms with van der Waals surface area (Å²) in [7, 11) is 0. The molecule has 1 fully saturated rings. The molecule has 1 N–H and O–H groups in total. The van der Waals surface area contributed by atoms with E-state index in [0.29, 0.717) is 0 Å². The van der Waals surface area contributed by atoms with Crippen molar-refractivity contribution in [2.24, 2.45) is 0 Å². The van der Waals surface area contributed by atoms with Crippen LogP contribution in [0, 0.1) is 0 Å². The maximum Gasteiger partial charge on any atom is 0.459 e. The third-order valence-corrected chi connectivity index (χ3v) is 7.25. The first-order valence-electron chi connectivity index (χ1n) is 15.2. The third-order valence-electron chi connectivity index (χ3n) is 7.25. The molecule has 1 aliphatic rings. The van der Waals surface area contributed by atoms with Crippen LogP contribution >= 0.6 is 0 Å². The highest BCUT2D eigenvalue weighted by Gasteiger charge is 2.61. The Labute approximate surface area is 287 Å². The molecule has 0 bridgehead atoms. The van der Waals surface area contributed by atoms with E-state index in [1.807, 2.05) is 0 Å². The fourth-order valence-corrected chi connectivity index (χ4v) is 5.12. The average molecular weight is 729 g/mol. The number of para-hydroxylation sites is 1. The molecule has 1 unspecified atom stereocenters. The van der Waals surface area contributed by atoms with Crippen molar-refractivity contribution in [2.75, 3.05) is 6.61 Å². The Morgan fingerprint density at radius 1 is 0.784 bits per heavy atom. The third kappa shape index (κ3) is 9.71. The Morgan fingerprint density at radius 3 is 1.98 bits per heavy atom. The van der Waals surface area contributed by atoms with Gasteiger partial charge in [-0.15, -0.1) is 5.10 Å². The number of aromatic nitrogens is 2. The zero-order chi connectivity index (χ0) is 37.5. The standard InChI is InChI=1S/C33H33F5N2O11/c1-17(41)45-16-25-26(47-18(2)42)27(48-19(3)43)28(49-20(4)44)31(50-25)51-30-23(29(39-40-30)32(34,35)33(36,37)38)14-22-12-8-9-13-24(22)46-15-21-10-6-5-7-11-21/h5-13,25-28,31H,14-16H2,1-4H3,(H,39,40)/t25-,26-,27+,28-,31?/m1/s1. The molecule has 0 aliphatic carbocycles. The predicted octanol–water partition coefficient (Wildman–Crippen LogP) is 4.70. The Hall–Kier alpha value is -5.26. The van der Waals surface area contributed by atoms with Crippen molar-refractivity contribution in [1.29, 1.82) is 0 Å². The van der Waals surface area contributed by atoms with Gasteiger partial charge in [-0.05, 0) is 17.2 Å². The number of rotatable bonds is 13. The minimum Gasteiger partial charge on any atom is -0.489 e. The monoisotopic (exact) mass is 728 g/mol. The van der Waals surface area contributed by atoms with Gasteiger partial charge in [0.25, 0.3) is 0 Å². The quantitative estimate of drug-likeness (QED) is 0.147. The summed E-state index contributed by atoms with van der Waals surface area (Å²) in [5, 5.41) is 5.33. The molecule has 1 saturated heterocycles. The smallest absolute Gasteiger partial charge is 0.459 e. The molecule has 1 aromatic heterocycles. The van der Waals surface area contributed by atoms with Gasteiger partial charge in [0.05, 0.1) is 0 Å². The molecule has 18 heteroatoms. The van der Waals surface area contributed by atoms with Gasteiger partial charge in [0.15, 0.2) is 12.2 Å². The summed E-state index contributed by atoms with van der Waals surface area (Å²) in [6, 6.07) is 14.8. The number of nitrogens with zero attached hydrogens (tertiary/aromatic N) is 1. The molecule has 5 atom stereocenters. The minimum atomic E-state index is -6.08. The van der Waals surface area contributed by atoms with E-state index in [0.717, 1.165) is 33.3 Å². The number of carbonyl (C=O) groups is 4. The molecule has 0 spiro atoms. The van der Waals surface area contributed by atoms with Gasteiger partial charge >= 0.3 is 36.0 Å². The van der Waals surface area contributed by atoms with E-state index in [1.165, 1.54) is 18.2 Å². The number of esters is 4. The maximum absolute atomic E-state index is 15.0. The molecule has 2 heterocycles. The number of hydrogen-bond donors (Lipinski definition) is 1. The fraction of sp³-hybridized carbons (Fsp3) is 0.424. The number of ether oxygens (including phenoxy) is 7. The lowest BCUT2D eigenvalue weighted by atomic mass is 9.98. The van der Waals surface area contributed by atoms with Gasteiger partial charge in [0.2, 0.25) is 18.3 Å². The molecule has 4 rings (SSSR count). The molecule has 0 radical (unpaired) electrons. The second-order valence-electron chi connectivity index (χ2n) is 11.2. The Morgan fingerprint density at radius 2 is 1.37 bits per heavy atom. The van der Waals surface area contributed by atoms with Crippen molar-refractivity contribution < 1.29 is 74.3 Å². The van der Waals surface area contributed by atoms with Crippen LogP contribution < -0.4 is 9.47 Å². The van der Waals surface area contributed by atoms with Crippen LogP contribution in [0.15, 0.2) is 54.6 Å². The number of halogens is 5. The van der Waals surface area contributed by atoms with Crippen molar-refractivity contribution in [3.63, 3.8) is 0 Å². The normalized spacial score (nSPS) is 20.5. The number of benzene rings is 2. The lowest BCUT2D eigenvalue weighted by Gasteiger charge is -2.43. The van der Waals surface area contributed by atoms with E-state index >= 15 is 8.78 Å². The van der Waals surface area contributed by atoms with Gasteiger partial charge in [0, 0.05) is 39.7 Å². The summed E-state index contributed by atoms with van der Waals surface area (Å²) >= 11 is 0. The number of carbonyl (C=O) groups excluding carboxylic acids is 4. The molecule has 1 aliphatic heterocycles. The van der Waals surface area contributed by atoms with Crippen LogP contribution in [0.1, 0.15) is 50.1 Å². The first-order chi connectivity index (χ1) is 24.0. The number of hydrogen-bond acceptors (Lipinski definition) is 12. The second kappa shape index (κ2) is 16.2. The zero-order valence-corrected chi connectivity index (χ0v) is 27.5. The molecule has 276 valence electrons. The zero-order valence-electron chi connectivity index (χ0n) is 27.5. The van der Waals surface area contributed by atoms with E-state index in [2.05, 4.69) is 5.10 Å². The summed E-state index contributed by atoms with van der Waals surface area (Å²) in [6.45, 7) is 3.33. The van der Waals surface area contributed by atoms with Crippen molar-refractivity contribution in [2.45, 2.75) is 83.5 Å². The summed E-state index contributed by atoms with van der Waals surface area (Å²) in [5.74, 6) is -9.90. The van der Waals surface area contributed by atoms with Crippen molar-refractivity contribution in [3.8, 4) is 11.6 Å². The SMILES string of the molecule is CC(=O)OC[C@H]1OC(Oc2n[nH]c(C(F)(F)C(F)(F)F)c2Cc2ccccc2OCc2ccccc2)[C@H](OC(C)=O)[C@@H](OC(C)=O)[C@@H]1OC(C)=O. The van der Waals surface area contributed by atoms with E-state index < -0.39 is 96.8 Å². The van der Waals surface area contributed by atoms with Crippen molar-refractivity contribution in [1.82, 2.24) is 10.2 Å². The van der Waals surface area contributed by atoms with Crippen LogP contribution in [-0.2, 0) is 61.8 Å². The van der Waals surface area contributed by atoms with Gasteiger partial charge in [-0.3, -0.25) is 24.3 Å². The average Bonchev–Trinajstić information content (AvgIpc) is 3.44. The molecular weight excluding hydrogens is 695 g/mol. The summed E-state index contributed by atoms with van der Waals surface area (Å²) in [4.78, 5) is 48.1. The first kappa shape index (κ1) is 38.5. The Kier molecular flexibility index (Phi) is 12.2. The Balaban J connectivity index is 1.80. The van der Waals surface area contributed by atoms with Crippen LogP contribution in [0.2, 0.25) is 0 Å². The van der Waals surface area contributed by atoms with Crippen LogP contribution in [0.25, 0.3) is 0 Å².